The van der Waals surface area contributed by atoms with Crippen molar-refractivity contribution in [1.82, 2.24) is 14.8 Å². The molecule has 1 aromatic carbocycles. The number of hydrogen-bond acceptors (Lipinski definition) is 2. The third-order valence-electron chi connectivity index (χ3n) is 2.82. The number of nitrogens with zero attached hydrogens (tertiary/aromatic N) is 3. The average molecular weight is 330 g/mol. The second-order valence-electron chi connectivity index (χ2n) is 4.56. The maximum Gasteiger partial charge on any atom is 0.159 e. The van der Waals surface area contributed by atoms with E-state index in [4.69, 9.17) is 0 Å². The molecule has 0 atom stereocenters. The standard InChI is InChI=1S/C13H14BrF2N3/c1-8(2)19-12(17-18-13(19)7-14)6-9-3-4-10(15)11(16)5-9/h3-5,8H,6-7H2,1-2H3. The molecule has 1 aromatic heterocycles. The summed E-state index contributed by atoms with van der Waals surface area (Å²) in [5.41, 5.74) is 0.675. The summed E-state index contributed by atoms with van der Waals surface area (Å²) in [4.78, 5) is 0. The van der Waals surface area contributed by atoms with E-state index in [9.17, 15) is 8.78 Å². The molecule has 0 aliphatic rings. The lowest BCUT2D eigenvalue weighted by molar-refractivity contribution is 0.506. The lowest BCUT2D eigenvalue weighted by Gasteiger charge is -2.13. The highest BCUT2D eigenvalue weighted by Crippen LogP contribution is 2.18. The Morgan fingerprint density at radius 2 is 1.84 bits per heavy atom. The fraction of sp³-hybridized carbons (Fsp3) is 0.385. The lowest BCUT2D eigenvalue weighted by atomic mass is 10.1. The molecular weight excluding hydrogens is 316 g/mol. The van der Waals surface area contributed by atoms with Gasteiger partial charge in [0.05, 0.1) is 5.33 Å². The number of halogens is 3. The molecule has 0 saturated heterocycles. The van der Waals surface area contributed by atoms with Crippen LogP contribution in [0.3, 0.4) is 0 Å². The summed E-state index contributed by atoms with van der Waals surface area (Å²) in [5, 5.41) is 8.82. The van der Waals surface area contributed by atoms with Crippen molar-refractivity contribution >= 4 is 15.9 Å². The lowest BCUT2D eigenvalue weighted by Crippen LogP contribution is -2.10. The van der Waals surface area contributed by atoms with Crippen molar-refractivity contribution in [3.05, 3.63) is 47.0 Å². The van der Waals surface area contributed by atoms with Gasteiger partial charge in [-0.2, -0.15) is 0 Å². The predicted octanol–water partition coefficient (Wildman–Crippen LogP) is 3.62. The third-order valence-corrected chi connectivity index (χ3v) is 3.32. The Morgan fingerprint density at radius 3 is 2.42 bits per heavy atom. The summed E-state index contributed by atoms with van der Waals surface area (Å²) in [6.45, 7) is 4.06. The summed E-state index contributed by atoms with van der Waals surface area (Å²) < 4.78 is 28.1. The first-order valence-corrected chi connectivity index (χ1v) is 7.07. The van der Waals surface area contributed by atoms with Crippen LogP contribution in [0.1, 0.15) is 37.1 Å². The fourth-order valence-electron chi connectivity index (χ4n) is 2.00. The molecule has 2 rings (SSSR count). The topological polar surface area (TPSA) is 30.7 Å². The summed E-state index contributed by atoms with van der Waals surface area (Å²) in [7, 11) is 0. The number of benzene rings is 1. The van der Waals surface area contributed by atoms with Crippen molar-refractivity contribution in [2.45, 2.75) is 31.6 Å². The van der Waals surface area contributed by atoms with Crippen molar-refractivity contribution in [2.24, 2.45) is 0 Å². The van der Waals surface area contributed by atoms with Gasteiger partial charge < -0.3 is 4.57 Å². The van der Waals surface area contributed by atoms with Crippen LogP contribution in [-0.2, 0) is 11.8 Å². The quantitative estimate of drug-likeness (QED) is 0.802. The smallest absolute Gasteiger partial charge is 0.159 e. The van der Waals surface area contributed by atoms with E-state index in [2.05, 4.69) is 26.1 Å². The van der Waals surface area contributed by atoms with Gasteiger partial charge in [-0.25, -0.2) is 8.78 Å². The van der Waals surface area contributed by atoms with E-state index in [1.807, 2.05) is 18.4 Å². The van der Waals surface area contributed by atoms with Crippen LogP contribution in [0.2, 0.25) is 0 Å². The van der Waals surface area contributed by atoms with Gasteiger partial charge in [0, 0.05) is 12.5 Å². The highest BCUT2D eigenvalue weighted by molar-refractivity contribution is 9.08. The highest BCUT2D eigenvalue weighted by atomic mass is 79.9. The molecule has 0 saturated carbocycles. The Bertz CT molecular complexity index is 581. The van der Waals surface area contributed by atoms with Crippen molar-refractivity contribution in [2.75, 3.05) is 0 Å². The number of aromatic nitrogens is 3. The Kier molecular flexibility index (Phi) is 4.29. The molecule has 0 bridgehead atoms. The highest BCUT2D eigenvalue weighted by Gasteiger charge is 2.14. The van der Waals surface area contributed by atoms with Crippen LogP contribution < -0.4 is 0 Å². The molecule has 6 heteroatoms. The van der Waals surface area contributed by atoms with E-state index in [-0.39, 0.29) is 6.04 Å². The second kappa shape index (κ2) is 5.77. The molecular formula is C13H14BrF2N3. The Hall–Kier alpha value is -1.30. The van der Waals surface area contributed by atoms with E-state index in [0.717, 1.165) is 17.7 Å². The summed E-state index contributed by atoms with van der Waals surface area (Å²) >= 11 is 3.36. The summed E-state index contributed by atoms with van der Waals surface area (Å²) in [5.74, 6) is -0.105. The third kappa shape index (κ3) is 3.00. The van der Waals surface area contributed by atoms with Crippen molar-refractivity contribution in [3.8, 4) is 0 Å². The maximum absolute atomic E-state index is 13.2. The van der Waals surface area contributed by atoms with Gasteiger partial charge in [-0.1, -0.05) is 22.0 Å². The van der Waals surface area contributed by atoms with E-state index in [1.54, 1.807) is 6.07 Å². The molecule has 0 aliphatic carbocycles. The van der Waals surface area contributed by atoms with Crippen LogP contribution in [-0.4, -0.2) is 14.8 Å². The number of hydrogen-bond donors (Lipinski definition) is 0. The zero-order chi connectivity index (χ0) is 14.0. The van der Waals surface area contributed by atoms with Crippen LogP contribution in [0.4, 0.5) is 8.78 Å². The summed E-state index contributed by atoms with van der Waals surface area (Å²) in [6, 6.07) is 4.10. The first kappa shape index (κ1) is 14.1. The maximum atomic E-state index is 13.2. The number of rotatable bonds is 4. The van der Waals surface area contributed by atoms with Gasteiger partial charge in [-0.3, -0.25) is 0 Å². The molecule has 0 unspecified atom stereocenters. The predicted molar refractivity (Wildman–Crippen MR) is 72.2 cm³/mol. The van der Waals surface area contributed by atoms with Gasteiger partial charge >= 0.3 is 0 Å². The Morgan fingerprint density at radius 1 is 1.16 bits per heavy atom. The van der Waals surface area contributed by atoms with Gasteiger partial charge in [0.2, 0.25) is 0 Å². The average Bonchev–Trinajstić information content (AvgIpc) is 2.77. The van der Waals surface area contributed by atoms with E-state index in [1.165, 1.54) is 6.07 Å². The molecule has 3 nitrogen and oxygen atoms in total. The zero-order valence-electron chi connectivity index (χ0n) is 10.7. The van der Waals surface area contributed by atoms with Crippen molar-refractivity contribution in [1.29, 1.82) is 0 Å². The minimum atomic E-state index is -0.839. The SMILES string of the molecule is CC(C)n1c(CBr)nnc1Cc1ccc(F)c(F)c1. The van der Waals surface area contributed by atoms with Crippen LogP contribution in [0.25, 0.3) is 0 Å². The molecule has 0 fully saturated rings. The molecule has 0 radical (unpaired) electrons. The number of alkyl halides is 1. The first-order chi connectivity index (χ1) is 9.02. The first-order valence-electron chi connectivity index (χ1n) is 5.95. The normalized spacial score (nSPS) is 11.3. The van der Waals surface area contributed by atoms with Crippen molar-refractivity contribution in [3.63, 3.8) is 0 Å². The van der Waals surface area contributed by atoms with Crippen molar-refractivity contribution < 1.29 is 8.78 Å². The Labute approximate surface area is 118 Å². The molecule has 0 amide bonds. The second-order valence-corrected chi connectivity index (χ2v) is 5.12. The molecule has 0 spiro atoms. The van der Waals surface area contributed by atoms with Crippen LogP contribution in [0, 0.1) is 11.6 Å². The van der Waals surface area contributed by atoms with E-state index >= 15 is 0 Å². The molecule has 19 heavy (non-hydrogen) atoms. The molecule has 1 heterocycles. The van der Waals surface area contributed by atoms with Crippen LogP contribution >= 0.6 is 15.9 Å². The molecule has 2 aromatic rings. The molecule has 0 N–H and O–H groups in total. The van der Waals surface area contributed by atoms with Gasteiger partial charge in [0.1, 0.15) is 11.6 Å². The van der Waals surface area contributed by atoms with Gasteiger partial charge in [-0.15, -0.1) is 10.2 Å². The molecule has 0 aliphatic heterocycles. The zero-order valence-corrected chi connectivity index (χ0v) is 12.3. The van der Waals surface area contributed by atoms with Gasteiger partial charge in [-0.05, 0) is 31.5 Å². The minimum absolute atomic E-state index is 0.211. The van der Waals surface area contributed by atoms with Crippen LogP contribution in [0.15, 0.2) is 18.2 Å². The largest absolute Gasteiger partial charge is 0.311 e. The van der Waals surface area contributed by atoms with E-state index < -0.39 is 11.6 Å². The van der Waals surface area contributed by atoms with Gasteiger partial charge in [0.25, 0.3) is 0 Å². The Balaban J connectivity index is 2.32. The molecule has 102 valence electrons. The fourth-order valence-corrected chi connectivity index (χ4v) is 2.38. The van der Waals surface area contributed by atoms with Crippen LogP contribution in [0.5, 0.6) is 0 Å². The van der Waals surface area contributed by atoms with E-state index in [0.29, 0.717) is 17.3 Å². The monoisotopic (exact) mass is 329 g/mol. The van der Waals surface area contributed by atoms with Gasteiger partial charge in [0.15, 0.2) is 11.6 Å². The minimum Gasteiger partial charge on any atom is -0.311 e. The summed E-state index contributed by atoms with van der Waals surface area (Å²) in [6.07, 6.45) is 0.426.